The molecule has 3 rings (SSSR count). The van der Waals surface area contributed by atoms with Crippen LogP contribution in [0.4, 0.5) is 0 Å². The molecule has 0 N–H and O–H groups in total. The van der Waals surface area contributed by atoms with Crippen molar-refractivity contribution in [1.29, 1.82) is 0 Å². The lowest BCUT2D eigenvalue weighted by Gasteiger charge is -1.97. The Hall–Kier alpha value is -1.67. The predicted octanol–water partition coefficient (Wildman–Crippen LogP) is 3.76. The van der Waals surface area contributed by atoms with E-state index in [0.717, 1.165) is 5.69 Å². The number of pyridine rings is 1. The van der Waals surface area contributed by atoms with Gasteiger partial charge in [-0.3, -0.25) is 4.98 Å². The van der Waals surface area contributed by atoms with Crippen LogP contribution in [-0.4, -0.2) is 4.98 Å². The molecule has 0 spiro atoms. The third kappa shape index (κ3) is 1.43. The number of rotatable bonds is 1. The molecular weight excluding hydrogens is 202 g/mol. The molecule has 0 saturated carbocycles. The smallest absolute Gasteiger partial charge is 0.0716 e. The summed E-state index contributed by atoms with van der Waals surface area (Å²) in [5.41, 5.74) is 2.23. The van der Waals surface area contributed by atoms with Crippen LogP contribution < -0.4 is 0 Å². The average molecular weight is 210 g/mol. The van der Waals surface area contributed by atoms with Crippen molar-refractivity contribution in [1.82, 2.24) is 4.98 Å². The van der Waals surface area contributed by atoms with Gasteiger partial charge in [0.05, 0.1) is 5.69 Å². The molecule has 0 bridgehead atoms. The molecule has 71 valence electrons. The fourth-order valence-electron chi connectivity index (χ4n) is 1.63. The van der Waals surface area contributed by atoms with Gasteiger partial charge < -0.3 is 0 Å². The van der Waals surface area contributed by atoms with E-state index >= 15 is 0 Å². The van der Waals surface area contributed by atoms with Crippen LogP contribution in [0.1, 0.15) is 0 Å². The minimum absolute atomic E-state index is 1.03. The lowest BCUT2D eigenvalue weighted by Crippen LogP contribution is -1.78. The number of benzene rings is 1. The molecule has 2 heterocycles. The van der Waals surface area contributed by atoms with Crippen molar-refractivity contribution < 1.29 is 0 Å². The highest BCUT2D eigenvalue weighted by Crippen LogP contribution is 2.31. The van der Waals surface area contributed by atoms with Gasteiger partial charge in [-0.2, -0.15) is 0 Å². The number of fused-ring (bicyclic) bond motifs is 1. The third-order valence-corrected chi connectivity index (χ3v) is 3.27. The first-order valence-corrected chi connectivity index (χ1v) is 5.62. The van der Waals surface area contributed by atoms with Gasteiger partial charge in [-0.15, -0.1) is 11.3 Å². The van der Waals surface area contributed by atoms with Crippen molar-refractivity contribution in [3.05, 3.63) is 54.0 Å². The summed E-state index contributed by atoms with van der Waals surface area (Å²) in [6.45, 7) is 0. The van der Waals surface area contributed by atoms with E-state index in [2.05, 4.69) is 22.5 Å². The van der Waals surface area contributed by atoms with Crippen molar-refractivity contribution >= 4 is 21.4 Å². The van der Waals surface area contributed by atoms with Crippen molar-refractivity contribution in [2.24, 2.45) is 0 Å². The number of aromatic nitrogens is 1. The zero-order chi connectivity index (χ0) is 10.1. The normalized spacial score (nSPS) is 10.7. The molecule has 0 aliphatic heterocycles. The Morgan fingerprint density at radius 1 is 1.13 bits per heavy atom. The SMILES string of the molecule is [c]1cccc2c(-c3ccccn3)csc12. The Morgan fingerprint density at radius 3 is 3.00 bits per heavy atom. The number of nitrogens with zero attached hydrogens (tertiary/aromatic N) is 1. The van der Waals surface area contributed by atoms with Crippen LogP contribution in [0.3, 0.4) is 0 Å². The molecule has 15 heavy (non-hydrogen) atoms. The van der Waals surface area contributed by atoms with E-state index in [-0.39, 0.29) is 0 Å². The first-order valence-electron chi connectivity index (χ1n) is 4.74. The summed E-state index contributed by atoms with van der Waals surface area (Å²) < 4.78 is 1.19. The second-order valence-electron chi connectivity index (χ2n) is 3.28. The number of thiophene rings is 1. The van der Waals surface area contributed by atoms with Crippen molar-refractivity contribution in [2.75, 3.05) is 0 Å². The molecule has 2 aromatic heterocycles. The lowest BCUT2D eigenvalue weighted by atomic mass is 10.1. The second kappa shape index (κ2) is 3.48. The van der Waals surface area contributed by atoms with E-state index in [0.29, 0.717) is 0 Å². The summed E-state index contributed by atoms with van der Waals surface area (Å²) in [7, 11) is 0. The summed E-state index contributed by atoms with van der Waals surface area (Å²) >= 11 is 1.71. The fraction of sp³-hybridized carbons (Fsp3) is 0. The Bertz CT molecular complexity index is 584. The van der Waals surface area contributed by atoms with E-state index in [4.69, 9.17) is 0 Å². The van der Waals surface area contributed by atoms with Gasteiger partial charge in [0.1, 0.15) is 0 Å². The Morgan fingerprint density at radius 2 is 2.13 bits per heavy atom. The topological polar surface area (TPSA) is 12.9 Å². The molecule has 0 aliphatic rings. The Labute approximate surface area is 92.0 Å². The maximum Gasteiger partial charge on any atom is 0.0716 e. The highest BCUT2D eigenvalue weighted by Gasteiger charge is 2.05. The molecule has 2 heteroatoms. The molecule has 0 atom stereocenters. The lowest BCUT2D eigenvalue weighted by molar-refractivity contribution is 1.34. The van der Waals surface area contributed by atoms with E-state index in [1.54, 1.807) is 11.3 Å². The zero-order valence-corrected chi connectivity index (χ0v) is 8.79. The fourth-order valence-corrected chi connectivity index (χ4v) is 2.56. The van der Waals surface area contributed by atoms with Gasteiger partial charge in [0, 0.05) is 33.3 Å². The maximum atomic E-state index is 4.36. The average Bonchev–Trinajstić information content (AvgIpc) is 2.74. The monoisotopic (exact) mass is 210 g/mol. The van der Waals surface area contributed by atoms with Gasteiger partial charge in [0.25, 0.3) is 0 Å². The van der Waals surface area contributed by atoms with Gasteiger partial charge in [0.15, 0.2) is 0 Å². The molecule has 0 amide bonds. The van der Waals surface area contributed by atoms with E-state index < -0.39 is 0 Å². The van der Waals surface area contributed by atoms with Crippen LogP contribution in [0.15, 0.2) is 48.0 Å². The van der Waals surface area contributed by atoms with Crippen LogP contribution in [0, 0.1) is 6.07 Å². The summed E-state index contributed by atoms with van der Waals surface area (Å²) in [5, 5.41) is 3.38. The van der Waals surface area contributed by atoms with Gasteiger partial charge in [-0.25, -0.2) is 0 Å². The van der Waals surface area contributed by atoms with Gasteiger partial charge >= 0.3 is 0 Å². The number of hydrogen-bond donors (Lipinski definition) is 0. The first-order chi connectivity index (χ1) is 7.45. The largest absolute Gasteiger partial charge is 0.256 e. The van der Waals surface area contributed by atoms with Crippen LogP contribution in [0.2, 0.25) is 0 Å². The Kier molecular flexibility index (Phi) is 2.00. The molecule has 1 aromatic carbocycles. The minimum atomic E-state index is 1.03. The van der Waals surface area contributed by atoms with Gasteiger partial charge in [-0.05, 0) is 12.1 Å². The highest BCUT2D eigenvalue weighted by atomic mass is 32.1. The summed E-state index contributed by atoms with van der Waals surface area (Å²) in [6.07, 6.45) is 1.82. The van der Waals surface area contributed by atoms with E-state index in [1.165, 1.54) is 15.6 Å². The molecule has 0 fully saturated rings. The molecule has 1 radical (unpaired) electrons. The maximum absolute atomic E-state index is 4.36. The van der Waals surface area contributed by atoms with Gasteiger partial charge in [-0.1, -0.05) is 24.3 Å². The summed E-state index contributed by atoms with van der Waals surface area (Å²) in [6, 6.07) is 15.3. The molecule has 3 aromatic rings. The van der Waals surface area contributed by atoms with Gasteiger partial charge in [0.2, 0.25) is 0 Å². The quantitative estimate of drug-likeness (QED) is 0.596. The van der Waals surface area contributed by atoms with Crippen LogP contribution >= 0.6 is 11.3 Å². The summed E-state index contributed by atoms with van der Waals surface area (Å²) in [4.78, 5) is 4.36. The predicted molar refractivity (Wildman–Crippen MR) is 63.9 cm³/mol. The first kappa shape index (κ1) is 8.62. The molecule has 0 aliphatic carbocycles. The van der Waals surface area contributed by atoms with Crippen LogP contribution in [0.5, 0.6) is 0 Å². The molecular formula is C13H8NS. The van der Waals surface area contributed by atoms with Crippen LogP contribution in [-0.2, 0) is 0 Å². The summed E-state index contributed by atoms with van der Waals surface area (Å²) in [5.74, 6) is 0. The second-order valence-corrected chi connectivity index (χ2v) is 4.16. The minimum Gasteiger partial charge on any atom is -0.256 e. The zero-order valence-electron chi connectivity index (χ0n) is 7.97. The standard InChI is InChI=1S/C13H8NS/c1-2-7-13-10(5-1)11(9-15-13)12-6-3-4-8-14-12/h1-6,8-9H. The molecule has 1 nitrogen and oxygen atoms in total. The third-order valence-electron chi connectivity index (χ3n) is 2.34. The molecule has 0 unspecified atom stereocenters. The number of hydrogen-bond acceptors (Lipinski definition) is 2. The Balaban J connectivity index is 2.28. The van der Waals surface area contributed by atoms with Crippen molar-refractivity contribution in [3.8, 4) is 11.3 Å². The van der Waals surface area contributed by atoms with Crippen LogP contribution in [0.25, 0.3) is 21.3 Å². The van der Waals surface area contributed by atoms with E-state index in [9.17, 15) is 0 Å². The highest BCUT2D eigenvalue weighted by molar-refractivity contribution is 7.17. The van der Waals surface area contributed by atoms with E-state index in [1.807, 2.05) is 36.5 Å². The van der Waals surface area contributed by atoms with Crippen molar-refractivity contribution in [2.45, 2.75) is 0 Å². The molecule has 0 saturated heterocycles. The van der Waals surface area contributed by atoms with Crippen molar-refractivity contribution in [3.63, 3.8) is 0 Å².